The van der Waals surface area contributed by atoms with E-state index in [2.05, 4.69) is 4.98 Å². The van der Waals surface area contributed by atoms with E-state index >= 15 is 0 Å². The molecule has 0 bridgehead atoms. The first-order chi connectivity index (χ1) is 9.72. The van der Waals surface area contributed by atoms with Gasteiger partial charge in [0.2, 0.25) is 5.91 Å². The maximum Gasteiger partial charge on any atom is 0.242 e. The van der Waals surface area contributed by atoms with Crippen LogP contribution in [0.5, 0.6) is 0 Å². The Morgan fingerprint density at radius 2 is 2.05 bits per heavy atom. The van der Waals surface area contributed by atoms with E-state index in [0.717, 1.165) is 31.8 Å². The Morgan fingerprint density at radius 3 is 2.70 bits per heavy atom. The molecule has 1 amide bonds. The average Bonchev–Trinajstić information content (AvgIpc) is 2.72. The highest BCUT2D eigenvalue weighted by Gasteiger charge is 2.18. The van der Waals surface area contributed by atoms with Gasteiger partial charge in [-0.25, -0.2) is 4.98 Å². The van der Waals surface area contributed by atoms with E-state index in [9.17, 15) is 4.79 Å². The van der Waals surface area contributed by atoms with Crippen LogP contribution in [0.3, 0.4) is 0 Å². The molecule has 2 heterocycles. The summed E-state index contributed by atoms with van der Waals surface area (Å²) in [5, 5.41) is 0. The topological polar surface area (TPSA) is 47.4 Å². The first-order valence-corrected chi connectivity index (χ1v) is 7.62. The molecule has 20 heavy (non-hydrogen) atoms. The van der Waals surface area contributed by atoms with Crippen molar-refractivity contribution in [2.24, 2.45) is 0 Å². The molecule has 5 heteroatoms. The molecule has 0 unspecified atom stereocenters. The van der Waals surface area contributed by atoms with Gasteiger partial charge in [0, 0.05) is 32.1 Å². The summed E-state index contributed by atoms with van der Waals surface area (Å²) in [6, 6.07) is 0. The molecule has 1 aliphatic rings. The third-order valence-electron chi connectivity index (χ3n) is 3.79. The molecule has 0 saturated carbocycles. The lowest BCUT2D eigenvalue weighted by molar-refractivity contribution is -0.131. The van der Waals surface area contributed by atoms with Gasteiger partial charge in [-0.15, -0.1) is 0 Å². The van der Waals surface area contributed by atoms with Gasteiger partial charge < -0.3 is 14.2 Å². The lowest BCUT2D eigenvalue weighted by Gasteiger charge is -2.21. The van der Waals surface area contributed by atoms with Crippen molar-refractivity contribution >= 4 is 5.91 Å². The fourth-order valence-electron chi connectivity index (χ4n) is 2.70. The number of carbonyl (C=O) groups is 1. The summed E-state index contributed by atoms with van der Waals surface area (Å²) in [6.45, 7) is 6.74. The minimum atomic E-state index is -0.0769. The third kappa shape index (κ3) is 3.82. The molecular weight excluding hydrogens is 254 g/mol. The fourth-order valence-corrected chi connectivity index (χ4v) is 2.70. The van der Waals surface area contributed by atoms with Gasteiger partial charge in [0.15, 0.2) is 0 Å². The average molecular weight is 279 g/mol. The Balaban J connectivity index is 1.98. The molecule has 5 nitrogen and oxygen atoms in total. The van der Waals surface area contributed by atoms with Crippen LogP contribution in [0.2, 0.25) is 0 Å². The summed E-state index contributed by atoms with van der Waals surface area (Å²) >= 11 is 0. The predicted octanol–water partition coefficient (Wildman–Crippen LogP) is 2.38. The van der Waals surface area contributed by atoms with Crippen LogP contribution in [0.25, 0.3) is 0 Å². The number of ether oxygens (including phenoxy) is 1. The van der Waals surface area contributed by atoms with E-state index < -0.39 is 0 Å². The molecule has 1 aromatic rings. The van der Waals surface area contributed by atoms with Crippen molar-refractivity contribution in [3.8, 4) is 0 Å². The molecule has 0 aliphatic carbocycles. The van der Waals surface area contributed by atoms with E-state index in [1.54, 1.807) is 6.20 Å². The van der Waals surface area contributed by atoms with Gasteiger partial charge in [-0.1, -0.05) is 12.8 Å². The van der Waals surface area contributed by atoms with Crippen molar-refractivity contribution in [3.63, 3.8) is 0 Å². The number of carbonyl (C=O) groups excluding carboxylic acids is 1. The lowest BCUT2D eigenvalue weighted by atomic mass is 10.2. The zero-order chi connectivity index (χ0) is 14.4. The fraction of sp³-hybridized carbons (Fsp3) is 0.733. The Bertz CT molecular complexity index is 423. The minimum absolute atomic E-state index is 0.0769. The Hall–Kier alpha value is -1.36. The molecule has 1 aromatic heterocycles. The van der Waals surface area contributed by atoms with Crippen molar-refractivity contribution in [2.75, 3.05) is 19.7 Å². The highest BCUT2D eigenvalue weighted by molar-refractivity contribution is 5.76. The van der Waals surface area contributed by atoms with Crippen LogP contribution in [0, 0.1) is 0 Å². The molecule has 0 N–H and O–H groups in total. The third-order valence-corrected chi connectivity index (χ3v) is 3.79. The van der Waals surface area contributed by atoms with E-state index in [-0.39, 0.29) is 12.0 Å². The molecule has 1 atom stereocenters. The maximum atomic E-state index is 12.4. The number of aromatic nitrogens is 2. The highest BCUT2D eigenvalue weighted by atomic mass is 16.5. The van der Waals surface area contributed by atoms with Crippen molar-refractivity contribution in [3.05, 3.63) is 18.2 Å². The number of hydrogen-bond donors (Lipinski definition) is 0. The van der Waals surface area contributed by atoms with Crippen molar-refractivity contribution in [1.82, 2.24) is 14.5 Å². The van der Waals surface area contributed by atoms with Crippen LogP contribution in [-0.4, -0.2) is 40.1 Å². The maximum absolute atomic E-state index is 12.4. The van der Waals surface area contributed by atoms with E-state index in [1.807, 2.05) is 29.5 Å². The molecular formula is C15H25N3O2. The van der Waals surface area contributed by atoms with Gasteiger partial charge in [0.05, 0.1) is 0 Å². The number of likely N-dealkylation sites (tertiary alicyclic amines) is 1. The van der Waals surface area contributed by atoms with Crippen molar-refractivity contribution < 1.29 is 9.53 Å². The van der Waals surface area contributed by atoms with E-state index in [4.69, 9.17) is 4.74 Å². The second-order valence-electron chi connectivity index (χ2n) is 5.31. The first kappa shape index (κ1) is 15.0. The quantitative estimate of drug-likeness (QED) is 0.831. The molecule has 0 spiro atoms. The number of nitrogens with zero attached hydrogens (tertiary/aromatic N) is 3. The Kier molecular flexibility index (Phi) is 5.59. The van der Waals surface area contributed by atoms with Gasteiger partial charge >= 0.3 is 0 Å². The van der Waals surface area contributed by atoms with E-state index in [0.29, 0.717) is 13.2 Å². The molecule has 1 saturated heterocycles. The first-order valence-electron chi connectivity index (χ1n) is 7.62. The second-order valence-corrected chi connectivity index (χ2v) is 5.31. The number of imidazole rings is 1. The monoisotopic (exact) mass is 279 g/mol. The Labute approximate surface area is 120 Å². The standard InChI is InChI=1S/C15H25N3O2/c1-3-20-13(2)15-16-8-11-18(15)12-14(19)17-9-6-4-5-7-10-17/h8,11,13H,3-7,9-10,12H2,1-2H3/t13-/m0/s1. The van der Waals surface area contributed by atoms with Gasteiger partial charge in [0.1, 0.15) is 18.5 Å². The summed E-state index contributed by atoms with van der Waals surface area (Å²) in [6.07, 6.45) is 8.24. The lowest BCUT2D eigenvalue weighted by Crippen LogP contribution is -2.35. The van der Waals surface area contributed by atoms with Crippen molar-refractivity contribution in [1.29, 1.82) is 0 Å². The highest BCUT2D eigenvalue weighted by Crippen LogP contribution is 2.15. The summed E-state index contributed by atoms with van der Waals surface area (Å²) < 4.78 is 7.48. The SMILES string of the molecule is CCO[C@@H](C)c1nccn1CC(=O)N1CCCCCC1. The Morgan fingerprint density at radius 1 is 1.35 bits per heavy atom. The van der Waals surface area contributed by atoms with Gasteiger partial charge in [-0.05, 0) is 26.7 Å². The van der Waals surface area contributed by atoms with Crippen LogP contribution >= 0.6 is 0 Å². The minimum Gasteiger partial charge on any atom is -0.371 e. The summed E-state index contributed by atoms with van der Waals surface area (Å²) in [5.41, 5.74) is 0. The molecule has 0 radical (unpaired) electrons. The van der Waals surface area contributed by atoms with Crippen LogP contribution in [0.15, 0.2) is 12.4 Å². The van der Waals surface area contributed by atoms with Crippen LogP contribution in [0.1, 0.15) is 51.5 Å². The molecule has 1 fully saturated rings. The molecule has 0 aromatic carbocycles. The largest absolute Gasteiger partial charge is 0.371 e. The molecule has 112 valence electrons. The van der Waals surface area contributed by atoms with Crippen molar-refractivity contribution in [2.45, 2.75) is 52.2 Å². The number of amides is 1. The smallest absolute Gasteiger partial charge is 0.242 e. The summed E-state index contributed by atoms with van der Waals surface area (Å²) in [7, 11) is 0. The molecule has 2 rings (SSSR count). The predicted molar refractivity (Wildman–Crippen MR) is 77.3 cm³/mol. The normalized spacial score (nSPS) is 17.8. The summed E-state index contributed by atoms with van der Waals surface area (Å²) in [4.78, 5) is 18.7. The van der Waals surface area contributed by atoms with E-state index in [1.165, 1.54) is 12.8 Å². The van der Waals surface area contributed by atoms with Crippen LogP contribution < -0.4 is 0 Å². The van der Waals surface area contributed by atoms with Gasteiger partial charge in [-0.3, -0.25) is 4.79 Å². The zero-order valence-corrected chi connectivity index (χ0v) is 12.5. The van der Waals surface area contributed by atoms with Gasteiger partial charge in [-0.2, -0.15) is 0 Å². The molecule has 1 aliphatic heterocycles. The zero-order valence-electron chi connectivity index (χ0n) is 12.5. The second kappa shape index (κ2) is 7.43. The number of rotatable bonds is 5. The summed E-state index contributed by atoms with van der Waals surface area (Å²) in [5.74, 6) is 1.02. The van der Waals surface area contributed by atoms with Crippen LogP contribution in [-0.2, 0) is 16.1 Å². The van der Waals surface area contributed by atoms with Gasteiger partial charge in [0.25, 0.3) is 0 Å². The number of hydrogen-bond acceptors (Lipinski definition) is 3. The van der Waals surface area contributed by atoms with Crippen LogP contribution in [0.4, 0.5) is 0 Å².